The molecule has 1 fully saturated rings. The van der Waals surface area contributed by atoms with Crippen LogP contribution in [0.4, 0.5) is 0 Å². The molecule has 1 saturated heterocycles. The molecule has 1 amide bonds. The second-order valence-electron chi connectivity index (χ2n) is 7.05. The summed E-state index contributed by atoms with van der Waals surface area (Å²) in [7, 11) is 0. The first-order valence-corrected chi connectivity index (χ1v) is 9.24. The number of likely N-dealkylation sites (tertiary alicyclic amines) is 1. The highest BCUT2D eigenvalue weighted by Gasteiger charge is 2.23. The van der Waals surface area contributed by atoms with Crippen LogP contribution in [-0.2, 0) is 0 Å². The highest BCUT2D eigenvalue weighted by Crippen LogP contribution is 2.27. The molecule has 0 N–H and O–H groups in total. The quantitative estimate of drug-likeness (QED) is 0.795. The summed E-state index contributed by atoms with van der Waals surface area (Å²) < 4.78 is 5.66. The molecule has 1 unspecified atom stereocenters. The number of benzene rings is 2. The summed E-state index contributed by atoms with van der Waals surface area (Å²) in [5.74, 6) is 1.36. The summed E-state index contributed by atoms with van der Waals surface area (Å²) in [5, 5.41) is 0. The molecule has 0 radical (unpaired) electrons. The van der Waals surface area contributed by atoms with E-state index in [2.05, 4.69) is 24.3 Å². The Hall–Kier alpha value is -2.29. The van der Waals surface area contributed by atoms with Crippen LogP contribution >= 0.6 is 0 Å². The monoisotopic (exact) mass is 337 g/mol. The molecule has 1 atom stereocenters. The van der Waals surface area contributed by atoms with Gasteiger partial charge < -0.3 is 9.64 Å². The summed E-state index contributed by atoms with van der Waals surface area (Å²) in [6.07, 6.45) is 3.53. The van der Waals surface area contributed by atoms with Crippen LogP contribution in [0.25, 0.3) is 0 Å². The Balaban J connectivity index is 1.72. The molecule has 1 aliphatic heterocycles. The van der Waals surface area contributed by atoms with E-state index in [1.807, 2.05) is 49.1 Å². The number of nitrogens with zero attached hydrogens (tertiary/aromatic N) is 1. The second-order valence-corrected chi connectivity index (χ2v) is 7.05. The van der Waals surface area contributed by atoms with Gasteiger partial charge in [-0.05, 0) is 56.5 Å². The van der Waals surface area contributed by atoms with Gasteiger partial charge in [0, 0.05) is 24.6 Å². The van der Waals surface area contributed by atoms with Crippen molar-refractivity contribution in [2.45, 2.75) is 45.1 Å². The first-order chi connectivity index (χ1) is 12.1. The maximum atomic E-state index is 12.9. The number of rotatable bonds is 4. The van der Waals surface area contributed by atoms with Crippen molar-refractivity contribution in [3.05, 3.63) is 65.7 Å². The van der Waals surface area contributed by atoms with Crippen LogP contribution in [0.5, 0.6) is 5.75 Å². The zero-order chi connectivity index (χ0) is 17.6. The molecule has 3 heteroatoms. The predicted molar refractivity (Wildman–Crippen MR) is 101 cm³/mol. The minimum absolute atomic E-state index is 0.124. The topological polar surface area (TPSA) is 29.5 Å². The van der Waals surface area contributed by atoms with Crippen molar-refractivity contribution in [2.24, 2.45) is 0 Å². The molecule has 132 valence electrons. The standard InChI is InChI=1S/C22H27NO2/c1-17(2)25-21-13-11-19(12-14-21)22(24)23-15-7-6-10-20(16-23)18-8-4-3-5-9-18/h3-5,8-9,11-14,17,20H,6-7,10,15-16H2,1-2H3. The van der Waals surface area contributed by atoms with Crippen LogP contribution in [0.2, 0.25) is 0 Å². The molecule has 2 aromatic rings. The van der Waals surface area contributed by atoms with Gasteiger partial charge in [-0.3, -0.25) is 4.79 Å². The molecule has 0 aliphatic carbocycles. The van der Waals surface area contributed by atoms with Gasteiger partial charge in [-0.15, -0.1) is 0 Å². The van der Waals surface area contributed by atoms with Gasteiger partial charge in [-0.1, -0.05) is 36.8 Å². The lowest BCUT2D eigenvalue weighted by Crippen LogP contribution is -2.34. The fourth-order valence-electron chi connectivity index (χ4n) is 3.45. The predicted octanol–water partition coefficient (Wildman–Crippen LogP) is 4.88. The average Bonchev–Trinajstić information content (AvgIpc) is 2.88. The van der Waals surface area contributed by atoms with Crippen molar-refractivity contribution in [3.63, 3.8) is 0 Å². The molecule has 1 heterocycles. The van der Waals surface area contributed by atoms with Gasteiger partial charge >= 0.3 is 0 Å². The number of hydrogen-bond acceptors (Lipinski definition) is 2. The average molecular weight is 337 g/mol. The highest BCUT2D eigenvalue weighted by atomic mass is 16.5. The lowest BCUT2D eigenvalue weighted by Gasteiger charge is -2.25. The third-order valence-electron chi connectivity index (χ3n) is 4.70. The molecule has 3 nitrogen and oxygen atoms in total. The fraction of sp³-hybridized carbons (Fsp3) is 0.409. The normalized spacial score (nSPS) is 18.0. The van der Waals surface area contributed by atoms with E-state index >= 15 is 0 Å². The number of amides is 1. The van der Waals surface area contributed by atoms with Gasteiger partial charge in [0.25, 0.3) is 5.91 Å². The Morgan fingerprint density at radius 3 is 2.44 bits per heavy atom. The van der Waals surface area contributed by atoms with Crippen LogP contribution in [0.1, 0.15) is 54.9 Å². The van der Waals surface area contributed by atoms with E-state index in [9.17, 15) is 4.79 Å². The molecule has 2 aromatic carbocycles. The van der Waals surface area contributed by atoms with Crippen LogP contribution < -0.4 is 4.74 Å². The van der Waals surface area contributed by atoms with Crippen LogP contribution in [-0.4, -0.2) is 30.0 Å². The number of carbonyl (C=O) groups is 1. The van der Waals surface area contributed by atoms with Crippen LogP contribution in [0, 0.1) is 0 Å². The van der Waals surface area contributed by atoms with Crippen molar-refractivity contribution < 1.29 is 9.53 Å². The Kier molecular flexibility index (Phi) is 5.75. The van der Waals surface area contributed by atoms with Crippen LogP contribution in [0.15, 0.2) is 54.6 Å². The van der Waals surface area contributed by atoms with E-state index < -0.39 is 0 Å². The second kappa shape index (κ2) is 8.19. The van der Waals surface area contributed by atoms with E-state index in [-0.39, 0.29) is 12.0 Å². The SMILES string of the molecule is CC(C)Oc1ccc(C(=O)N2CCCCC(c3ccccc3)C2)cc1. The summed E-state index contributed by atoms with van der Waals surface area (Å²) >= 11 is 0. The number of hydrogen-bond donors (Lipinski definition) is 0. The Morgan fingerprint density at radius 1 is 1.04 bits per heavy atom. The van der Waals surface area contributed by atoms with Gasteiger partial charge in [0.2, 0.25) is 0 Å². The maximum Gasteiger partial charge on any atom is 0.253 e. The summed E-state index contributed by atoms with van der Waals surface area (Å²) in [6, 6.07) is 18.1. The number of carbonyl (C=O) groups excluding carboxylic acids is 1. The van der Waals surface area contributed by atoms with Gasteiger partial charge in [-0.25, -0.2) is 0 Å². The lowest BCUT2D eigenvalue weighted by atomic mass is 9.94. The molecule has 3 rings (SSSR count). The third-order valence-corrected chi connectivity index (χ3v) is 4.70. The summed E-state index contributed by atoms with van der Waals surface area (Å²) in [5.41, 5.74) is 2.08. The van der Waals surface area contributed by atoms with Crippen molar-refractivity contribution >= 4 is 5.91 Å². The zero-order valence-corrected chi connectivity index (χ0v) is 15.2. The van der Waals surface area contributed by atoms with E-state index in [1.165, 1.54) is 12.0 Å². The third kappa shape index (κ3) is 4.62. The van der Waals surface area contributed by atoms with E-state index in [1.54, 1.807) is 0 Å². The molecule has 0 aromatic heterocycles. The van der Waals surface area contributed by atoms with Gasteiger partial charge in [0.15, 0.2) is 0 Å². The first-order valence-electron chi connectivity index (χ1n) is 9.24. The number of ether oxygens (including phenoxy) is 1. The van der Waals surface area contributed by atoms with Crippen molar-refractivity contribution in [1.82, 2.24) is 4.90 Å². The first kappa shape index (κ1) is 17.5. The van der Waals surface area contributed by atoms with Crippen LogP contribution in [0.3, 0.4) is 0 Å². The molecule has 1 aliphatic rings. The van der Waals surface area contributed by atoms with Gasteiger partial charge in [-0.2, -0.15) is 0 Å². The smallest absolute Gasteiger partial charge is 0.253 e. The Bertz CT molecular complexity index is 679. The molecular weight excluding hydrogens is 310 g/mol. The van der Waals surface area contributed by atoms with E-state index in [0.29, 0.717) is 5.92 Å². The minimum Gasteiger partial charge on any atom is -0.491 e. The molecule has 0 saturated carbocycles. The fourth-order valence-corrected chi connectivity index (χ4v) is 3.45. The Morgan fingerprint density at radius 2 is 1.76 bits per heavy atom. The van der Waals surface area contributed by atoms with Crippen molar-refractivity contribution in [2.75, 3.05) is 13.1 Å². The van der Waals surface area contributed by atoms with E-state index in [4.69, 9.17) is 4.74 Å². The molecule has 25 heavy (non-hydrogen) atoms. The molecule has 0 bridgehead atoms. The lowest BCUT2D eigenvalue weighted by molar-refractivity contribution is 0.0754. The molecular formula is C22H27NO2. The minimum atomic E-state index is 0.124. The summed E-state index contributed by atoms with van der Waals surface area (Å²) in [4.78, 5) is 15.0. The van der Waals surface area contributed by atoms with Crippen molar-refractivity contribution in [3.8, 4) is 5.75 Å². The Labute approximate surface area is 150 Å². The zero-order valence-electron chi connectivity index (χ0n) is 15.2. The largest absolute Gasteiger partial charge is 0.491 e. The molecule has 0 spiro atoms. The van der Waals surface area contributed by atoms with Crippen molar-refractivity contribution in [1.29, 1.82) is 0 Å². The maximum absolute atomic E-state index is 12.9. The van der Waals surface area contributed by atoms with Gasteiger partial charge in [0.1, 0.15) is 5.75 Å². The summed E-state index contributed by atoms with van der Waals surface area (Å²) in [6.45, 7) is 5.64. The van der Waals surface area contributed by atoms with E-state index in [0.717, 1.165) is 37.2 Å². The highest BCUT2D eigenvalue weighted by molar-refractivity contribution is 5.94. The van der Waals surface area contributed by atoms with Gasteiger partial charge in [0.05, 0.1) is 6.10 Å².